The smallest absolute Gasteiger partial charge is 0.235 e. The number of nitrogens with zero attached hydrogens (tertiary/aromatic N) is 5. The molecule has 0 saturated carbocycles. The largest absolute Gasteiger partial charge is 0.497 e. The van der Waals surface area contributed by atoms with Crippen molar-refractivity contribution in [2.24, 2.45) is 0 Å². The molecule has 0 aliphatic carbocycles. The Kier molecular flexibility index (Phi) is 4.28. The van der Waals surface area contributed by atoms with Gasteiger partial charge in [-0.2, -0.15) is 9.61 Å². The molecule has 0 N–H and O–H groups in total. The summed E-state index contributed by atoms with van der Waals surface area (Å²) in [6.07, 6.45) is 1.69. The Morgan fingerprint density at radius 3 is 2.76 bits per heavy atom. The number of hydrogen-bond acceptors (Lipinski definition) is 7. The van der Waals surface area contributed by atoms with Gasteiger partial charge in [-0.3, -0.25) is 4.98 Å². The molecule has 7 nitrogen and oxygen atoms in total. The fraction of sp³-hybridized carbons (Fsp3) is 0.100. The van der Waals surface area contributed by atoms with Crippen molar-refractivity contribution in [2.45, 2.75) is 6.61 Å². The van der Waals surface area contributed by atoms with Crippen molar-refractivity contribution in [1.82, 2.24) is 24.8 Å². The van der Waals surface area contributed by atoms with Crippen molar-refractivity contribution in [1.29, 1.82) is 0 Å². The Morgan fingerprint density at radius 1 is 1.07 bits per heavy atom. The molecule has 0 saturated heterocycles. The number of rotatable bonds is 5. The van der Waals surface area contributed by atoms with Crippen molar-refractivity contribution in [3.8, 4) is 22.1 Å². The minimum absolute atomic E-state index is 0.193. The lowest BCUT2D eigenvalue weighted by atomic mass is 10.2. The second-order valence-electron chi connectivity index (χ2n) is 6.21. The normalized spacial score (nSPS) is 11.2. The van der Waals surface area contributed by atoms with Crippen LogP contribution < -0.4 is 9.47 Å². The van der Waals surface area contributed by atoms with Crippen LogP contribution in [0.2, 0.25) is 0 Å². The summed E-state index contributed by atoms with van der Waals surface area (Å²) in [5.41, 5.74) is 1.60. The van der Waals surface area contributed by atoms with E-state index >= 15 is 0 Å². The third-order valence-electron chi connectivity index (χ3n) is 4.41. The Morgan fingerprint density at radius 2 is 1.93 bits per heavy atom. The van der Waals surface area contributed by atoms with Gasteiger partial charge in [0, 0.05) is 23.2 Å². The third-order valence-corrected chi connectivity index (χ3v) is 5.36. The fourth-order valence-corrected chi connectivity index (χ4v) is 3.82. The lowest BCUT2D eigenvalue weighted by Gasteiger charge is -2.08. The molecule has 0 fully saturated rings. The lowest BCUT2D eigenvalue weighted by molar-refractivity contribution is 0.296. The molecule has 0 bridgehead atoms. The lowest BCUT2D eigenvalue weighted by Crippen LogP contribution is -2.03. The molecule has 0 aliphatic heterocycles. The summed E-state index contributed by atoms with van der Waals surface area (Å²) in [6, 6.07) is 13.6. The molecule has 144 valence electrons. The number of aromatic nitrogens is 5. The van der Waals surface area contributed by atoms with Crippen molar-refractivity contribution in [3.05, 3.63) is 66.4 Å². The third kappa shape index (κ3) is 3.25. The first-order valence-corrected chi connectivity index (χ1v) is 9.55. The SMILES string of the molecule is COc1ccc2c(OCc3nnc4sc(-c5ccc(F)cc5)nn34)ccnc2c1. The van der Waals surface area contributed by atoms with E-state index < -0.39 is 0 Å². The van der Waals surface area contributed by atoms with Gasteiger partial charge in [0.2, 0.25) is 4.96 Å². The molecule has 0 unspecified atom stereocenters. The summed E-state index contributed by atoms with van der Waals surface area (Å²) in [4.78, 5) is 5.00. The van der Waals surface area contributed by atoms with Crippen molar-refractivity contribution in [3.63, 3.8) is 0 Å². The van der Waals surface area contributed by atoms with Gasteiger partial charge in [0.25, 0.3) is 0 Å². The summed E-state index contributed by atoms with van der Waals surface area (Å²) in [7, 11) is 1.62. The Balaban J connectivity index is 1.42. The van der Waals surface area contributed by atoms with E-state index in [4.69, 9.17) is 9.47 Å². The molecule has 0 spiro atoms. The van der Waals surface area contributed by atoms with E-state index in [9.17, 15) is 4.39 Å². The minimum Gasteiger partial charge on any atom is -0.497 e. The second kappa shape index (κ2) is 7.10. The van der Waals surface area contributed by atoms with Gasteiger partial charge in [-0.15, -0.1) is 10.2 Å². The van der Waals surface area contributed by atoms with Gasteiger partial charge in [0.15, 0.2) is 5.82 Å². The summed E-state index contributed by atoms with van der Waals surface area (Å²) in [5, 5.41) is 14.5. The zero-order valence-electron chi connectivity index (χ0n) is 15.2. The highest BCUT2D eigenvalue weighted by atomic mass is 32.1. The number of halogens is 1. The maximum Gasteiger partial charge on any atom is 0.235 e. The van der Waals surface area contributed by atoms with Gasteiger partial charge in [-0.1, -0.05) is 11.3 Å². The highest BCUT2D eigenvalue weighted by Gasteiger charge is 2.14. The summed E-state index contributed by atoms with van der Waals surface area (Å²) in [6.45, 7) is 0.193. The average molecular weight is 407 g/mol. The van der Waals surface area contributed by atoms with Gasteiger partial charge in [0.1, 0.15) is 28.9 Å². The quantitative estimate of drug-likeness (QED) is 0.436. The van der Waals surface area contributed by atoms with Crippen LogP contribution in [0.25, 0.3) is 26.4 Å². The van der Waals surface area contributed by atoms with E-state index in [1.54, 1.807) is 36.0 Å². The number of hydrogen-bond donors (Lipinski definition) is 0. The van der Waals surface area contributed by atoms with E-state index in [0.717, 1.165) is 27.2 Å². The van der Waals surface area contributed by atoms with Crippen LogP contribution in [0.1, 0.15) is 5.82 Å². The van der Waals surface area contributed by atoms with E-state index in [-0.39, 0.29) is 12.4 Å². The number of benzene rings is 2. The molecule has 3 heterocycles. The second-order valence-corrected chi connectivity index (χ2v) is 7.16. The Bertz CT molecular complexity index is 1320. The zero-order chi connectivity index (χ0) is 19.8. The van der Waals surface area contributed by atoms with Gasteiger partial charge in [-0.05, 0) is 42.5 Å². The predicted molar refractivity (Wildman–Crippen MR) is 107 cm³/mol. The maximum absolute atomic E-state index is 13.2. The van der Waals surface area contributed by atoms with E-state index in [1.165, 1.54) is 23.5 Å². The number of pyridine rings is 1. The first-order valence-electron chi connectivity index (χ1n) is 8.74. The summed E-state index contributed by atoms with van der Waals surface area (Å²) >= 11 is 1.38. The Labute approximate surface area is 168 Å². The van der Waals surface area contributed by atoms with Crippen LogP contribution >= 0.6 is 11.3 Å². The first kappa shape index (κ1) is 17.5. The summed E-state index contributed by atoms with van der Waals surface area (Å²) < 4.78 is 26.0. The van der Waals surface area contributed by atoms with Crippen LogP contribution in [0.4, 0.5) is 4.39 Å². The van der Waals surface area contributed by atoms with Crippen LogP contribution in [0.5, 0.6) is 11.5 Å². The van der Waals surface area contributed by atoms with E-state index in [2.05, 4.69) is 20.3 Å². The molecule has 0 atom stereocenters. The number of methoxy groups -OCH3 is 1. The van der Waals surface area contributed by atoms with Crippen molar-refractivity contribution >= 4 is 27.2 Å². The highest BCUT2D eigenvalue weighted by molar-refractivity contribution is 7.19. The monoisotopic (exact) mass is 407 g/mol. The molecule has 0 aliphatic rings. The van der Waals surface area contributed by atoms with Gasteiger partial charge in [-0.25, -0.2) is 4.39 Å². The van der Waals surface area contributed by atoms with Crippen LogP contribution in [0.3, 0.4) is 0 Å². The molecule has 9 heteroatoms. The van der Waals surface area contributed by atoms with Crippen LogP contribution in [-0.4, -0.2) is 31.9 Å². The number of fused-ring (bicyclic) bond motifs is 2. The van der Waals surface area contributed by atoms with Crippen LogP contribution in [0.15, 0.2) is 54.7 Å². The highest BCUT2D eigenvalue weighted by Crippen LogP contribution is 2.29. The first-order chi connectivity index (χ1) is 14.2. The van der Waals surface area contributed by atoms with Crippen molar-refractivity contribution in [2.75, 3.05) is 7.11 Å². The average Bonchev–Trinajstić information content (AvgIpc) is 3.33. The number of ether oxygens (including phenoxy) is 2. The van der Waals surface area contributed by atoms with Crippen LogP contribution in [0, 0.1) is 5.82 Å². The topological polar surface area (TPSA) is 74.4 Å². The molecule has 29 heavy (non-hydrogen) atoms. The molecule has 0 radical (unpaired) electrons. The predicted octanol–water partition coefficient (Wildman–Crippen LogP) is 4.13. The van der Waals surface area contributed by atoms with E-state index in [1.807, 2.05) is 18.2 Å². The van der Waals surface area contributed by atoms with Crippen LogP contribution in [-0.2, 0) is 6.61 Å². The molecule has 0 amide bonds. The van der Waals surface area contributed by atoms with Gasteiger partial charge in [0.05, 0.1) is 12.6 Å². The van der Waals surface area contributed by atoms with Gasteiger partial charge >= 0.3 is 0 Å². The molecular weight excluding hydrogens is 393 g/mol. The Hall–Kier alpha value is -3.59. The van der Waals surface area contributed by atoms with Crippen molar-refractivity contribution < 1.29 is 13.9 Å². The molecular formula is C20H14FN5O2S. The molecule has 2 aromatic carbocycles. The minimum atomic E-state index is -0.284. The fourth-order valence-electron chi connectivity index (χ4n) is 2.95. The molecule has 5 rings (SSSR count). The summed E-state index contributed by atoms with van der Waals surface area (Å²) in [5.74, 6) is 1.71. The van der Waals surface area contributed by atoms with E-state index in [0.29, 0.717) is 16.5 Å². The zero-order valence-corrected chi connectivity index (χ0v) is 16.1. The standard InChI is InChI=1S/C20H14FN5O2S/c1-27-14-6-7-15-16(10-14)22-9-8-17(15)28-11-18-23-24-20-26(18)25-19(29-20)12-2-4-13(21)5-3-12/h2-10H,11H2,1H3. The molecule has 5 aromatic rings. The van der Waals surface area contributed by atoms with Gasteiger partial charge < -0.3 is 9.47 Å². The maximum atomic E-state index is 13.2. The molecule has 3 aromatic heterocycles.